The first-order valence-corrected chi connectivity index (χ1v) is 8.63. The molecular weight excluding hydrogens is 303 g/mol. The van der Waals surface area contributed by atoms with Crippen molar-refractivity contribution >= 4 is 9.84 Å². The van der Waals surface area contributed by atoms with E-state index >= 15 is 0 Å². The Morgan fingerprint density at radius 1 is 1.14 bits per heavy atom. The van der Waals surface area contributed by atoms with Crippen LogP contribution >= 0.6 is 0 Å². The molecule has 1 aliphatic rings. The first-order valence-electron chi connectivity index (χ1n) is 6.80. The Kier molecular flexibility index (Phi) is 4.63. The molecule has 21 heavy (non-hydrogen) atoms. The van der Waals surface area contributed by atoms with E-state index in [-0.39, 0.29) is 23.3 Å². The monoisotopic (exact) mass is 321 g/mol. The zero-order chi connectivity index (χ0) is 15.7. The molecule has 1 heterocycles. The third-order valence-electron chi connectivity index (χ3n) is 4.09. The van der Waals surface area contributed by atoms with E-state index in [4.69, 9.17) is 5.73 Å². The van der Waals surface area contributed by atoms with Crippen molar-refractivity contribution in [1.29, 1.82) is 0 Å². The number of sulfone groups is 1. The summed E-state index contributed by atoms with van der Waals surface area (Å²) < 4.78 is 60.5. The van der Waals surface area contributed by atoms with Crippen LogP contribution in [0.3, 0.4) is 0 Å². The van der Waals surface area contributed by atoms with Crippen LogP contribution < -0.4 is 5.73 Å². The second-order valence-corrected chi connectivity index (χ2v) is 7.75. The number of halogens is 3. The van der Waals surface area contributed by atoms with Crippen LogP contribution in [0.5, 0.6) is 0 Å². The van der Waals surface area contributed by atoms with Gasteiger partial charge in [-0.15, -0.1) is 0 Å². The van der Waals surface area contributed by atoms with Crippen molar-refractivity contribution < 1.29 is 21.6 Å². The summed E-state index contributed by atoms with van der Waals surface area (Å²) in [4.78, 5) is 0. The van der Waals surface area contributed by atoms with Gasteiger partial charge >= 0.3 is 6.18 Å². The highest BCUT2D eigenvalue weighted by atomic mass is 32.2. The maximum absolute atomic E-state index is 12.6. The molecule has 2 N–H and O–H groups in total. The van der Waals surface area contributed by atoms with E-state index in [0.717, 1.165) is 17.7 Å². The smallest absolute Gasteiger partial charge is 0.330 e. The number of hydrogen-bond acceptors (Lipinski definition) is 3. The fraction of sp³-hybridized carbons (Fsp3) is 0.571. The van der Waals surface area contributed by atoms with Crippen molar-refractivity contribution in [3.8, 4) is 0 Å². The van der Waals surface area contributed by atoms with Gasteiger partial charge in [-0.25, -0.2) is 8.42 Å². The largest absolute Gasteiger partial charge is 0.416 e. The predicted molar refractivity (Wildman–Crippen MR) is 74.6 cm³/mol. The van der Waals surface area contributed by atoms with E-state index < -0.39 is 21.6 Å². The van der Waals surface area contributed by atoms with Gasteiger partial charge in [0.05, 0.1) is 17.1 Å². The molecule has 0 aliphatic carbocycles. The molecule has 1 aromatic carbocycles. The highest BCUT2D eigenvalue weighted by molar-refractivity contribution is 7.91. The highest BCUT2D eigenvalue weighted by Gasteiger charge is 2.32. The number of nitrogens with two attached hydrogens (primary N) is 1. The van der Waals surface area contributed by atoms with Gasteiger partial charge in [-0.3, -0.25) is 0 Å². The summed E-state index contributed by atoms with van der Waals surface area (Å²) in [7, 11) is -2.96. The molecular formula is C14H18F3NO2S. The minimum atomic E-state index is -4.35. The Morgan fingerprint density at radius 2 is 1.67 bits per heavy atom. The molecule has 1 aromatic rings. The Labute approximate surface area is 122 Å². The van der Waals surface area contributed by atoms with Crippen molar-refractivity contribution in [2.24, 2.45) is 11.7 Å². The lowest BCUT2D eigenvalue weighted by Gasteiger charge is -2.29. The zero-order valence-corrected chi connectivity index (χ0v) is 12.3. The van der Waals surface area contributed by atoms with E-state index in [1.807, 2.05) is 0 Å². The Bertz CT molecular complexity index is 567. The van der Waals surface area contributed by atoms with Crippen LogP contribution in [-0.2, 0) is 16.0 Å². The standard InChI is InChI=1S/C14H18F3NO2S/c15-14(16,17)12-3-1-10(2-4-12)13(9-18)11-5-7-21(19,20)8-6-11/h1-4,11,13H,5-9,18H2. The van der Waals surface area contributed by atoms with Gasteiger partial charge < -0.3 is 5.73 Å². The van der Waals surface area contributed by atoms with Gasteiger partial charge in [-0.05, 0) is 48.9 Å². The summed E-state index contributed by atoms with van der Waals surface area (Å²) in [6.07, 6.45) is -3.31. The zero-order valence-electron chi connectivity index (χ0n) is 11.4. The lowest BCUT2D eigenvalue weighted by atomic mass is 9.82. The third-order valence-corrected chi connectivity index (χ3v) is 5.80. The third kappa shape index (κ3) is 3.97. The molecule has 0 aromatic heterocycles. The van der Waals surface area contributed by atoms with E-state index in [1.54, 1.807) is 0 Å². The highest BCUT2D eigenvalue weighted by Crippen LogP contribution is 2.35. The average molecular weight is 321 g/mol. The molecule has 1 saturated heterocycles. The van der Waals surface area contributed by atoms with Crippen molar-refractivity contribution in [2.45, 2.75) is 24.9 Å². The minimum absolute atomic E-state index is 0.0946. The topological polar surface area (TPSA) is 60.2 Å². The van der Waals surface area contributed by atoms with E-state index in [2.05, 4.69) is 0 Å². The van der Waals surface area contributed by atoms with Gasteiger partial charge in [0.25, 0.3) is 0 Å². The molecule has 3 nitrogen and oxygen atoms in total. The molecule has 1 atom stereocenters. The van der Waals surface area contributed by atoms with Crippen LogP contribution in [0.2, 0.25) is 0 Å². The maximum atomic E-state index is 12.6. The van der Waals surface area contributed by atoms with E-state index in [1.165, 1.54) is 12.1 Å². The van der Waals surface area contributed by atoms with Gasteiger partial charge in [0.2, 0.25) is 0 Å². The van der Waals surface area contributed by atoms with Crippen molar-refractivity contribution in [1.82, 2.24) is 0 Å². The molecule has 1 fully saturated rings. The van der Waals surface area contributed by atoms with Crippen LogP contribution in [0.1, 0.15) is 29.9 Å². The molecule has 1 aliphatic heterocycles. The summed E-state index contributed by atoms with van der Waals surface area (Å²) in [5.74, 6) is 0.280. The van der Waals surface area contributed by atoms with Gasteiger partial charge in [0.15, 0.2) is 0 Å². The van der Waals surface area contributed by atoms with Crippen molar-refractivity contribution in [3.63, 3.8) is 0 Å². The van der Waals surface area contributed by atoms with E-state index in [9.17, 15) is 21.6 Å². The molecule has 0 bridgehead atoms. The SMILES string of the molecule is NCC(c1ccc(C(F)(F)F)cc1)C1CCS(=O)(=O)CC1. The first kappa shape index (κ1) is 16.3. The second kappa shape index (κ2) is 5.96. The van der Waals surface area contributed by atoms with E-state index in [0.29, 0.717) is 19.4 Å². The summed E-state index contributed by atoms with van der Waals surface area (Å²) in [5, 5.41) is 0. The Balaban J connectivity index is 2.15. The predicted octanol–water partition coefficient (Wildman–Crippen LogP) is 2.57. The van der Waals surface area contributed by atoms with Crippen LogP contribution in [-0.4, -0.2) is 26.5 Å². The molecule has 0 radical (unpaired) electrons. The quantitative estimate of drug-likeness (QED) is 0.931. The summed E-state index contributed by atoms with van der Waals surface area (Å²) in [5.41, 5.74) is 5.81. The number of hydrogen-bond donors (Lipinski definition) is 1. The van der Waals surface area contributed by atoms with Gasteiger partial charge in [-0.1, -0.05) is 12.1 Å². The normalized spacial score (nSPS) is 21.1. The molecule has 0 spiro atoms. The van der Waals surface area contributed by atoms with Crippen LogP contribution in [0.15, 0.2) is 24.3 Å². The molecule has 1 unspecified atom stereocenters. The first-order chi connectivity index (χ1) is 9.73. The minimum Gasteiger partial charge on any atom is -0.330 e. The Morgan fingerprint density at radius 3 is 2.10 bits per heavy atom. The maximum Gasteiger partial charge on any atom is 0.416 e. The lowest BCUT2D eigenvalue weighted by molar-refractivity contribution is -0.137. The molecule has 0 saturated carbocycles. The number of benzene rings is 1. The van der Waals surface area contributed by atoms with Gasteiger partial charge in [-0.2, -0.15) is 13.2 Å². The van der Waals surface area contributed by atoms with Gasteiger partial charge in [0.1, 0.15) is 9.84 Å². The summed E-state index contributed by atoms with van der Waals surface area (Å²) >= 11 is 0. The van der Waals surface area contributed by atoms with Crippen molar-refractivity contribution in [2.75, 3.05) is 18.1 Å². The lowest BCUT2D eigenvalue weighted by Crippen LogP contribution is -2.30. The Hall–Kier alpha value is -1.08. The van der Waals surface area contributed by atoms with Gasteiger partial charge in [0, 0.05) is 0 Å². The number of alkyl halides is 3. The molecule has 0 amide bonds. The van der Waals surface area contributed by atoms with Crippen LogP contribution in [0.25, 0.3) is 0 Å². The molecule has 2 rings (SSSR count). The van der Waals surface area contributed by atoms with Crippen LogP contribution in [0.4, 0.5) is 13.2 Å². The molecule has 7 heteroatoms. The molecule has 118 valence electrons. The van der Waals surface area contributed by atoms with Crippen molar-refractivity contribution in [3.05, 3.63) is 35.4 Å². The number of rotatable bonds is 3. The fourth-order valence-electron chi connectivity index (χ4n) is 2.83. The fourth-order valence-corrected chi connectivity index (χ4v) is 4.36. The van der Waals surface area contributed by atoms with Crippen LogP contribution in [0, 0.1) is 5.92 Å². The summed E-state index contributed by atoms with van der Waals surface area (Å²) in [6.45, 7) is 0.302. The average Bonchev–Trinajstić information content (AvgIpc) is 2.41. The summed E-state index contributed by atoms with van der Waals surface area (Å²) in [6, 6.07) is 5.00. The second-order valence-electron chi connectivity index (χ2n) is 5.45.